The Labute approximate surface area is 175 Å². The number of aromatic hydroxyl groups is 1. The van der Waals surface area contributed by atoms with E-state index in [0.29, 0.717) is 43.0 Å². The fraction of sp³-hybridized carbons (Fsp3) is 0.167. The zero-order valence-electron chi connectivity index (χ0n) is 16.5. The summed E-state index contributed by atoms with van der Waals surface area (Å²) in [7, 11) is 0. The van der Waals surface area contributed by atoms with Crippen molar-refractivity contribution in [3.63, 3.8) is 0 Å². The van der Waals surface area contributed by atoms with E-state index in [2.05, 4.69) is 10.2 Å². The molecule has 1 saturated heterocycles. The third-order valence-electron chi connectivity index (χ3n) is 5.19. The second kappa shape index (κ2) is 8.69. The molecule has 30 heavy (non-hydrogen) atoms. The Hall–Kier alpha value is -3.80. The van der Waals surface area contributed by atoms with Gasteiger partial charge in [-0.25, -0.2) is 0 Å². The maximum Gasteiger partial charge on any atom is 0.255 e. The summed E-state index contributed by atoms with van der Waals surface area (Å²) < 4.78 is 0. The van der Waals surface area contributed by atoms with Crippen LogP contribution in [0.2, 0.25) is 0 Å². The van der Waals surface area contributed by atoms with Gasteiger partial charge in [-0.05, 0) is 54.6 Å². The lowest BCUT2D eigenvalue weighted by molar-refractivity contribution is 0.0747. The third-order valence-corrected chi connectivity index (χ3v) is 5.19. The van der Waals surface area contributed by atoms with Crippen molar-refractivity contribution in [2.24, 2.45) is 0 Å². The molecule has 152 valence electrons. The van der Waals surface area contributed by atoms with Crippen molar-refractivity contribution >= 4 is 23.2 Å². The Bertz CT molecular complexity index is 1030. The first-order chi connectivity index (χ1) is 14.6. The Balaban J connectivity index is 1.40. The smallest absolute Gasteiger partial charge is 0.255 e. The number of amides is 2. The van der Waals surface area contributed by atoms with E-state index in [-0.39, 0.29) is 17.6 Å². The minimum Gasteiger partial charge on any atom is -0.508 e. The van der Waals surface area contributed by atoms with Crippen LogP contribution in [0.1, 0.15) is 20.7 Å². The molecule has 4 rings (SSSR count). The Morgan fingerprint density at radius 2 is 1.43 bits per heavy atom. The van der Waals surface area contributed by atoms with Crippen molar-refractivity contribution in [2.45, 2.75) is 0 Å². The van der Waals surface area contributed by atoms with Crippen LogP contribution in [0, 0.1) is 0 Å². The average molecular weight is 401 g/mol. The fourth-order valence-corrected chi connectivity index (χ4v) is 3.53. The number of hydrogen-bond donors (Lipinski definition) is 2. The van der Waals surface area contributed by atoms with E-state index >= 15 is 0 Å². The van der Waals surface area contributed by atoms with Gasteiger partial charge in [0, 0.05) is 48.7 Å². The maximum atomic E-state index is 13.0. The van der Waals surface area contributed by atoms with Crippen molar-refractivity contribution in [3.8, 4) is 5.75 Å². The maximum absolute atomic E-state index is 13.0. The molecule has 0 atom stereocenters. The summed E-state index contributed by atoms with van der Waals surface area (Å²) >= 11 is 0. The molecule has 0 saturated carbocycles. The van der Waals surface area contributed by atoms with Gasteiger partial charge in [0.15, 0.2) is 0 Å². The number of hydrogen-bond acceptors (Lipinski definition) is 4. The van der Waals surface area contributed by atoms with Crippen LogP contribution in [0.25, 0.3) is 0 Å². The normalized spacial score (nSPS) is 13.7. The lowest BCUT2D eigenvalue weighted by Crippen LogP contribution is -2.48. The molecule has 1 aliphatic heterocycles. The summed E-state index contributed by atoms with van der Waals surface area (Å²) in [6, 6.07) is 23.2. The molecule has 3 aromatic carbocycles. The molecule has 6 heteroatoms. The largest absolute Gasteiger partial charge is 0.508 e. The first-order valence-corrected chi connectivity index (χ1v) is 9.90. The number of piperazine rings is 1. The highest BCUT2D eigenvalue weighted by molar-refractivity contribution is 6.06. The van der Waals surface area contributed by atoms with E-state index in [0.717, 1.165) is 5.69 Å². The quantitative estimate of drug-likeness (QED) is 0.701. The Morgan fingerprint density at radius 1 is 0.767 bits per heavy atom. The summed E-state index contributed by atoms with van der Waals surface area (Å²) in [5, 5.41) is 12.3. The van der Waals surface area contributed by atoms with E-state index in [1.54, 1.807) is 36.4 Å². The molecule has 2 N–H and O–H groups in total. The number of benzene rings is 3. The highest BCUT2D eigenvalue weighted by atomic mass is 16.3. The molecule has 0 spiro atoms. The minimum atomic E-state index is -0.243. The van der Waals surface area contributed by atoms with Crippen LogP contribution < -0.4 is 10.2 Å². The summed E-state index contributed by atoms with van der Waals surface area (Å²) in [5.41, 5.74) is 2.70. The van der Waals surface area contributed by atoms with E-state index in [1.165, 1.54) is 0 Å². The molecule has 2 amide bonds. The lowest BCUT2D eigenvalue weighted by Gasteiger charge is -2.36. The number of phenols is 1. The van der Waals surface area contributed by atoms with E-state index in [9.17, 15) is 14.7 Å². The van der Waals surface area contributed by atoms with Gasteiger partial charge >= 0.3 is 0 Å². The average Bonchev–Trinajstić information content (AvgIpc) is 2.80. The van der Waals surface area contributed by atoms with Crippen molar-refractivity contribution < 1.29 is 14.7 Å². The van der Waals surface area contributed by atoms with Crippen LogP contribution in [0.5, 0.6) is 5.75 Å². The second-order valence-corrected chi connectivity index (χ2v) is 7.20. The fourth-order valence-electron chi connectivity index (χ4n) is 3.53. The standard InChI is InChI=1S/C24H23N3O3/c28-22-11-9-21(10-12-22)26-13-15-27(16-14-26)24(30)19-6-4-5-18(17-19)23(29)25-20-7-2-1-3-8-20/h1-12,17,28H,13-16H2,(H,25,29). The van der Waals surface area contributed by atoms with Gasteiger partial charge in [0.1, 0.15) is 5.75 Å². The van der Waals surface area contributed by atoms with Gasteiger partial charge < -0.3 is 20.2 Å². The molecule has 6 nitrogen and oxygen atoms in total. The minimum absolute atomic E-state index is 0.0743. The van der Waals surface area contributed by atoms with Crippen molar-refractivity contribution in [1.82, 2.24) is 4.90 Å². The van der Waals surface area contributed by atoms with Crippen LogP contribution in [0.3, 0.4) is 0 Å². The first kappa shape index (κ1) is 19.5. The molecular formula is C24H23N3O3. The predicted molar refractivity (Wildman–Crippen MR) is 117 cm³/mol. The van der Waals surface area contributed by atoms with Gasteiger partial charge in [0.2, 0.25) is 0 Å². The van der Waals surface area contributed by atoms with Crippen molar-refractivity contribution in [3.05, 3.63) is 90.0 Å². The van der Waals surface area contributed by atoms with Crippen LogP contribution >= 0.6 is 0 Å². The predicted octanol–water partition coefficient (Wildman–Crippen LogP) is 3.61. The van der Waals surface area contributed by atoms with Crippen LogP contribution in [0.15, 0.2) is 78.9 Å². The number of rotatable bonds is 4. The summed E-state index contributed by atoms with van der Waals surface area (Å²) in [6.07, 6.45) is 0. The van der Waals surface area contributed by atoms with Crippen molar-refractivity contribution in [2.75, 3.05) is 36.4 Å². The molecule has 0 unspecified atom stereocenters. The number of nitrogens with zero attached hydrogens (tertiary/aromatic N) is 2. The molecule has 0 aromatic heterocycles. The Kier molecular flexibility index (Phi) is 5.66. The molecular weight excluding hydrogens is 378 g/mol. The number of para-hydroxylation sites is 1. The van der Waals surface area contributed by atoms with E-state index in [4.69, 9.17) is 0 Å². The highest BCUT2D eigenvalue weighted by Crippen LogP contribution is 2.20. The summed E-state index contributed by atoms with van der Waals surface area (Å²) in [5.74, 6) is -0.0773. The van der Waals surface area contributed by atoms with Crippen LogP contribution in [-0.4, -0.2) is 48.0 Å². The molecule has 0 aliphatic carbocycles. The molecule has 0 bridgehead atoms. The third kappa shape index (κ3) is 4.43. The van der Waals surface area contributed by atoms with Gasteiger partial charge in [0.05, 0.1) is 0 Å². The van der Waals surface area contributed by atoms with Crippen molar-refractivity contribution in [1.29, 1.82) is 0 Å². The zero-order chi connectivity index (χ0) is 20.9. The molecule has 0 radical (unpaired) electrons. The molecule has 1 fully saturated rings. The number of carbonyl (C=O) groups excluding carboxylic acids is 2. The van der Waals surface area contributed by atoms with Gasteiger partial charge in [0.25, 0.3) is 11.8 Å². The number of nitrogens with one attached hydrogen (secondary N) is 1. The summed E-state index contributed by atoms with van der Waals surface area (Å²) in [6.45, 7) is 2.62. The Morgan fingerprint density at radius 3 is 2.13 bits per heavy atom. The summed E-state index contributed by atoms with van der Waals surface area (Å²) in [4.78, 5) is 29.5. The van der Waals surface area contributed by atoms with Crippen LogP contribution in [-0.2, 0) is 0 Å². The number of carbonyl (C=O) groups is 2. The second-order valence-electron chi connectivity index (χ2n) is 7.20. The van der Waals surface area contributed by atoms with Crippen LogP contribution in [0.4, 0.5) is 11.4 Å². The monoisotopic (exact) mass is 401 g/mol. The SMILES string of the molecule is O=C(Nc1ccccc1)c1cccc(C(=O)N2CCN(c3ccc(O)cc3)CC2)c1. The molecule has 1 aliphatic rings. The van der Waals surface area contributed by atoms with Gasteiger partial charge in [-0.3, -0.25) is 9.59 Å². The first-order valence-electron chi connectivity index (χ1n) is 9.90. The lowest BCUT2D eigenvalue weighted by atomic mass is 10.1. The van der Waals surface area contributed by atoms with Gasteiger partial charge in [-0.2, -0.15) is 0 Å². The number of anilines is 2. The van der Waals surface area contributed by atoms with E-state index in [1.807, 2.05) is 47.4 Å². The van der Waals surface area contributed by atoms with E-state index < -0.39 is 0 Å². The van der Waals surface area contributed by atoms with Gasteiger partial charge in [-0.15, -0.1) is 0 Å². The molecule has 3 aromatic rings. The zero-order valence-corrected chi connectivity index (χ0v) is 16.5. The molecule has 1 heterocycles. The number of phenolic OH excluding ortho intramolecular Hbond substituents is 1. The highest BCUT2D eigenvalue weighted by Gasteiger charge is 2.23. The van der Waals surface area contributed by atoms with Gasteiger partial charge in [-0.1, -0.05) is 24.3 Å². The topological polar surface area (TPSA) is 72.9 Å².